The third-order valence-electron chi connectivity index (χ3n) is 2.97. The smallest absolute Gasteiger partial charge is 0.277 e. The number of nitrogens with one attached hydrogen (secondary N) is 2. The number of thioether (sulfide) groups is 1. The average Bonchev–Trinajstić information content (AvgIpc) is 2.77. The molecular formula is C13H13Cl2N3O2S. The molecule has 1 heterocycles. The van der Waals surface area contributed by atoms with Gasteiger partial charge in [-0.15, -0.1) is 0 Å². The van der Waals surface area contributed by atoms with Crippen LogP contribution in [0.3, 0.4) is 0 Å². The Bertz CT molecular complexity index is 604. The number of carbonyl (C=O) groups excluding carboxylic acids is 2. The van der Waals surface area contributed by atoms with Gasteiger partial charge in [0.05, 0.1) is 0 Å². The van der Waals surface area contributed by atoms with Crippen LogP contribution in [0.4, 0.5) is 0 Å². The van der Waals surface area contributed by atoms with Crippen LogP contribution in [-0.4, -0.2) is 33.7 Å². The van der Waals surface area contributed by atoms with E-state index in [4.69, 9.17) is 23.2 Å². The Morgan fingerprint density at radius 2 is 2.00 bits per heavy atom. The van der Waals surface area contributed by atoms with Crippen molar-refractivity contribution < 1.29 is 9.59 Å². The van der Waals surface area contributed by atoms with E-state index in [0.717, 1.165) is 5.56 Å². The van der Waals surface area contributed by atoms with Gasteiger partial charge in [0.15, 0.2) is 10.0 Å². The third-order valence-corrected chi connectivity index (χ3v) is 4.18. The number of alkyl halides is 2. The molecule has 1 aromatic rings. The Morgan fingerprint density at radius 1 is 1.38 bits per heavy atom. The van der Waals surface area contributed by atoms with Crippen molar-refractivity contribution in [2.45, 2.75) is 17.4 Å². The standard InChI is InChI=1S/C13H13Cl2N3O2S/c1-7-3-5-8(6-4-7)9(19)17-13(10(14)15)11(20)16-12(18-13)21-2/h3-6,10H,1-2H3,(H,17,19)(H,16,18,20). The van der Waals surface area contributed by atoms with Crippen molar-refractivity contribution in [2.75, 3.05) is 6.26 Å². The van der Waals surface area contributed by atoms with Crippen molar-refractivity contribution in [1.29, 1.82) is 0 Å². The van der Waals surface area contributed by atoms with Gasteiger partial charge in [-0.25, -0.2) is 4.99 Å². The highest BCUT2D eigenvalue weighted by atomic mass is 35.5. The summed E-state index contributed by atoms with van der Waals surface area (Å²) in [5, 5.41) is 5.42. The normalized spacial score (nSPS) is 21.2. The van der Waals surface area contributed by atoms with Gasteiger partial charge >= 0.3 is 0 Å². The van der Waals surface area contributed by atoms with Crippen LogP contribution in [0.25, 0.3) is 0 Å². The first-order valence-electron chi connectivity index (χ1n) is 6.01. The van der Waals surface area contributed by atoms with Gasteiger partial charge in [-0.1, -0.05) is 52.7 Å². The van der Waals surface area contributed by atoms with Gasteiger partial charge in [0.1, 0.15) is 0 Å². The Labute approximate surface area is 136 Å². The summed E-state index contributed by atoms with van der Waals surface area (Å²) >= 11 is 13.0. The van der Waals surface area contributed by atoms with Crippen LogP contribution >= 0.6 is 35.0 Å². The first-order chi connectivity index (χ1) is 9.89. The average molecular weight is 346 g/mol. The summed E-state index contributed by atoms with van der Waals surface area (Å²) in [4.78, 5) is 27.3. The van der Waals surface area contributed by atoms with E-state index in [2.05, 4.69) is 15.6 Å². The zero-order valence-electron chi connectivity index (χ0n) is 11.3. The minimum Gasteiger partial charge on any atom is -0.318 e. The molecular weight excluding hydrogens is 333 g/mol. The molecule has 0 aromatic heterocycles. The lowest BCUT2D eigenvalue weighted by Gasteiger charge is -2.25. The van der Waals surface area contributed by atoms with Gasteiger partial charge in [0.2, 0.25) is 5.66 Å². The molecule has 1 atom stereocenters. The quantitative estimate of drug-likeness (QED) is 0.824. The van der Waals surface area contributed by atoms with E-state index in [1.807, 2.05) is 6.92 Å². The van der Waals surface area contributed by atoms with E-state index in [1.165, 1.54) is 11.8 Å². The molecule has 0 aliphatic carbocycles. The lowest BCUT2D eigenvalue weighted by Crippen LogP contribution is -2.58. The largest absolute Gasteiger partial charge is 0.318 e. The number of aliphatic imine (C=N–C) groups is 1. The zero-order valence-corrected chi connectivity index (χ0v) is 13.6. The number of nitrogens with zero attached hydrogens (tertiary/aromatic N) is 1. The van der Waals surface area contributed by atoms with Crippen molar-refractivity contribution in [3.63, 3.8) is 0 Å². The van der Waals surface area contributed by atoms with E-state index < -0.39 is 22.3 Å². The van der Waals surface area contributed by atoms with Gasteiger partial charge in [-0.3, -0.25) is 9.59 Å². The highest BCUT2D eigenvalue weighted by molar-refractivity contribution is 8.13. The predicted octanol–water partition coefficient (Wildman–Crippen LogP) is 2.07. The molecule has 1 aliphatic rings. The monoisotopic (exact) mass is 345 g/mol. The molecule has 0 fully saturated rings. The number of benzene rings is 1. The van der Waals surface area contributed by atoms with Crippen LogP contribution in [0, 0.1) is 6.92 Å². The molecule has 1 unspecified atom stereocenters. The molecule has 0 saturated heterocycles. The fourth-order valence-electron chi connectivity index (χ4n) is 1.77. The Balaban J connectivity index is 2.29. The molecule has 0 bridgehead atoms. The van der Waals surface area contributed by atoms with E-state index >= 15 is 0 Å². The van der Waals surface area contributed by atoms with Crippen LogP contribution in [0.2, 0.25) is 0 Å². The van der Waals surface area contributed by atoms with Crippen LogP contribution in [0.15, 0.2) is 29.3 Å². The van der Waals surface area contributed by atoms with Crippen LogP contribution in [0.1, 0.15) is 15.9 Å². The number of aryl methyl sites for hydroxylation is 1. The molecule has 5 nitrogen and oxygen atoms in total. The molecule has 0 radical (unpaired) electrons. The van der Waals surface area contributed by atoms with Crippen molar-refractivity contribution in [1.82, 2.24) is 10.6 Å². The van der Waals surface area contributed by atoms with Crippen LogP contribution in [-0.2, 0) is 4.79 Å². The number of hydrogen-bond acceptors (Lipinski definition) is 4. The highest BCUT2D eigenvalue weighted by Crippen LogP contribution is 2.28. The molecule has 1 aromatic carbocycles. The SMILES string of the molecule is CSC1=NC(NC(=O)c2ccc(C)cc2)(C(Cl)Cl)C(=O)N1. The Kier molecular flexibility index (Phi) is 4.81. The lowest BCUT2D eigenvalue weighted by molar-refractivity contribution is -0.124. The van der Waals surface area contributed by atoms with E-state index in [0.29, 0.717) is 10.7 Å². The molecule has 0 spiro atoms. The summed E-state index contributed by atoms with van der Waals surface area (Å²) in [6.45, 7) is 1.91. The van der Waals surface area contributed by atoms with E-state index in [9.17, 15) is 9.59 Å². The number of halogens is 2. The van der Waals surface area contributed by atoms with Gasteiger partial charge in [0, 0.05) is 5.56 Å². The molecule has 2 amide bonds. The summed E-state index contributed by atoms with van der Waals surface area (Å²) in [5.41, 5.74) is -0.284. The molecule has 8 heteroatoms. The number of carbonyl (C=O) groups is 2. The predicted molar refractivity (Wildman–Crippen MR) is 86.0 cm³/mol. The van der Waals surface area contributed by atoms with Crippen LogP contribution in [0.5, 0.6) is 0 Å². The second-order valence-corrected chi connectivity index (χ2v) is 6.35. The van der Waals surface area contributed by atoms with E-state index in [-0.39, 0.29) is 0 Å². The molecule has 21 heavy (non-hydrogen) atoms. The van der Waals surface area contributed by atoms with Crippen molar-refractivity contribution in [3.05, 3.63) is 35.4 Å². The number of rotatable bonds is 3. The summed E-state index contributed by atoms with van der Waals surface area (Å²) < 4.78 is 0. The number of hydrogen-bond donors (Lipinski definition) is 2. The van der Waals surface area contributed by atoms with Gasteiger partial charge in [0.25, 0.3) is 11.8 Å². The maximum Gasteiger partial charge on any atom is 0.277 e. The first-order valence-corrected chi connectivity index (χ1v) is 8.11. The van der Waals surface area contributed by atoms with Crippen molar-refractivity contribution in [2.24, 2.45) is 4.99 Å². The zero-order chi connectivity index (χ0) is 15.6. The van der Waals surface area contributed by atoms with Gasteiger partial charge in [-0.05, 0) is 25.3 Å². The number of amides is 2. The van der Waals surface area contributed by atoms with Gasteiger partial charge < -0.3 is 10.6 Å². The minimum absolute atomic E-state index is 0.357. The summed E-state index contributed by atoms with van der Waals surface area (Å²) in [6.07, 6.45) is 1.74. The summed E-state index contributed by atoms with van der Waals surface area (Å²) in [7, 11) is 0. The molecule has 2 N–H and O–H groups in total. The van der Waals surface area contributed by atoms with Crippen molar-refractivity contribution in [3.8, 4) is 0 Å². The molecule has 0 saturated carbocycles. The summed E-state index contributed by atoms with van der Waals surface area (Å²) in [6, 6.07) is 6.90. The fourth-order valence-corrected chi connectivity index (χ4v) is 2.60. The third kappa shape index (κ3) is 3.17. The topological polar surface area (TPSA) is 70.6 Å². The fraction of sp³-hybridized carbons (Fsp3) is 0.308. The molecule has 1 aliphatic heterocycles. The van der Waals surface area contributed by atoms with Crippen molar-refractivity contribution >= 4 is 51.9 Å². The van der Waals surface area contributed by atoms with Crippen LogP contribution < -0.4 is 10.6 Å². The second kappa shape index (κ2) is 6.25. The maximum absolute atomic E-state index is 12.3. The number of amidine groups is 1. The molecule has 2 rings (SSSR count). The molecule has 112 valence electrons. The maximum atomic E-state index is 12.3. The highest BCUT2D eigenvalue weighted by Gasteiger charge is 2.50. The lowest BCUT2D eigenvalue weighted by atomic mass is 10.1. The Morgan fingerprint density at radius 3 is 2.48 bits per heavy atom. The Hall–Kier alpha value is -1.24. The summed E-state index contributed by atoms with van der Waals surface area (Å²) in [5.74, 6) is -1.02. The second-order valence-electron chi connectivity index (χ2n) is 4.46. The van der Waals surface area contributed by atoms with E-state index in [1.54, 1.807) is 30.5 Å². The first kappa shape index (κ1) is 16.1. The minimum atomic E-state index is -1.70. The van der Waals surface area contributed by atoms with Gasteiger partial charge in [-0.2, -0.15) is 0 Å².